The fourth-order valence-electron chi connectivity index (χ4n) is 2.53. The second-order valence-electron chi connectivity index (χ2n) is 5.68. The van der Waals surface area contributed by atoms with Crippen LogP contribution in [0.2, 0.25) is 0 Å². The van der Waals surface area contributed by atoms with Crippen LogP contribution in [0.25, 0.3) is 12.2 Å². The van der Waals surface area contributed by atoms with E-state index >= 15 is 0 Å². The minimum atomic E-state index is -0.670. The van der Waals surface area contributed by atoms with Gasteiger partial charge in [-0.25, -0.2) is 4.98 Å². The Balaban J connectivity index is 1.48. The zero-order chi connectivity index (χ0) is 15.6. The second kappa shape index (κ2) is 10.1. The van der Waals surface area contributed by atoms with Crippen molar-refractivity contribution in [3.05, 3.63) is 9.88 Å². The minimum Gasteiger partial charge on any atom is -0.481 e. The smallest absolute Gasteiger partial charge is 0.303 e. The van der Waals surface area contributed by atoms with Gasteiger partial charge < -0.3 is 5.11 Å². The predicted molar refractivity (Wildman–Crippen MR) is 94.8 cm³/mol. The fraction of sp³-hybridized carbons (Fsp3) is 0.647. The van der Waals surface area contributed by atoms with Crippen LogP contribution in [-0.4, -0.2) is 21.8 Å². The Hall–Kier alpha value is -0.810. The molecule has 2 rings (SSSR count). The van der Waals surface area contributed by atoms with E-state index in [1.165, 1.54) is 46.3 Å². The number of hydrogen-bond donors (Lipinski definition) is 1. The number of aliphatic carboxylic acids is 1. The van der Waals surface area contributed by atoms with Crippen LogP contribution in [0.5, 0.6) is 0 Å². The van der Waals surface area contributed by atoms with E-state index in [2.05, 4.69) is 17.1 Å². The molecule has 1 N–H and O–H groups in total. The molecule has 1 aromatic rings. The van der Waals surface area contributed by atoms with Gasteiger partial charge >= 0.3 is 5.97 Å². The van der Waals surface area contributed by atoms with Crippen molar-refractivity contribution in [2.75, 3.05) is 5.75 Å². The molecule has 1 aromatic heterocycles. The van der Waals surface area contributed by atoms with Gasteiger partial charge in [0.05, 0.1) is 9.88 Å². The Morgan fingerprint density at radius 1 is 1.09 bits per heavy atom. The van der Waals surface area contributed by atoms with Gasteiger partial charge in [0.25, 0.3) is 0 Å². The quantitative estimate of drug-likeness (QED) is 0.492. The third-order valence-electron chi connectivity index (χ3n) is 3.76. The van der Waals surface area contributed by atoms with Crippen molar-refractivity contribution in [2.24, 2.45) is 0 Å². The molecule has 0 bridgehead atoms. The maximum absolute atomic E-state index is 10.4. The molecular weight excluding hydrogens is 314 g/mol. The number of unbranched alkanes of at least 4 members (excludes halogenated alkanes) is 6. The number of aromatic nitrogens is 1. The number of carbonyl (C=O) groups is 1. The van der Waals surface area contributed by atoms with Crippen molar-refractivity contribution in [2.45, 2.75) is 68.5 Å². The summed E-state index contributed by atoms with van der Waals surface area (Å²) in [6.07, 6.45) is 15.2. The van der Waals surface area contributed by atoms with Crippen LogP contribution in [0.1, 0.15) is 64.2 Å². The number of carboxylic acids is 1. The summed E-state index contributed by atoms with van der Waals surface area (Å²) in [5.74, 6) is 0.488. The Labute approximate surface area is 140 Å². The number of carboxylic acid groups (broad SMARTS) is 1. The van der Waals surface area contributed by atoms with Crippen molar-refractivity contribution < 1.29 is 9.90 Å². The molecule has 0 spiro atoms. The van der Waals surface area contributed by atoms with Crippen molar-refractivity contribution in [1.82, 2.24) is 4.98 Å². The van der Waals surface area contributed by atoms with Crippen LogP contribution >= 0.6 is 23.1 Å². The molecule has 1 heterocycles. The number of hydrogen-bond acceptors (Lipinski definition) is 4. The predicted octanol–water partition coefficient (Wildman–Crippen LogP) is 3.80. The van der Waals surface area contributed by atoms with Gasteiger partial charge in [-0.3, -0.25) is 4.79 Å². The molecular formula is C17H25NO2S2. The van der Waals surface area contributed by atoms with E-state index in [-0.39, 0.29) is 0 Å². The summed E-state index contributed by atoms with van der Waals surface area (Å²) in [6, 6.07) is 0. The summed E-state index contributed by atoms with van der Waals surface area (Å²) in [4.78, 5) is 15.1. The van der Waals surface area contributed by atoms with Crippen LogP contribution in [0.3, 0.4) is 0 Å². The van der Waals surface area contributed by atoms with Crippen LogP contribution in [0, 0.1) is 0 Å². The van der Waals surface area contributed by atoms with Gasteiger partial charge in [0, 0.05) is 12.2 Å². The number of thiazole rings is 1. The number of nitrogens with zero attached hydrogens (tertiary/aromatic N) is 1. The van der Waals surface area contributed by atoms with E-state index < -0.39 is 5.97 Å². The van der Waals surface area contributed by atoms with Crippen molar-refractivity contribution in [3.8, 4) is 0 Å². The molecule has 1 aliphatic rings. The lowest BCUT2D eigenvalue weighted by Gasteiger charge is -2.01. The summed E-state index contributed by atoms with van der Waals surface area (Å²) < 4.78 is 2.57. The Kier molecular flexibility index (Phi) is 8.02. The van der Waals surface area contributed by atoms with Gasteiger partial charge in [-0.15, -0.1) is 11.3 Å². The zero-order valence-corrected chi connectivity index (χ0v) is 14.7. The monoisotopic (exact) mass is 339 g/mol. The molecule has 5 heteroatoms. The van der Waals surface area contributed by atoms with E-state index in [0.29, 0.717) is 6.42 Å². The van der Waals surface area contributed by atoms with Gasteiger partial charge in [-0.05, 0) is 25.7 Å². The topological polar surface area (TPSA) is 50.2 Å². The molecule has 3 nitrogen and oxygen atoms in total. The van der Waals surface area contributed by atoms with Crippen molar-refractivity contribution in [3.63, 3.8) is 0 Å². The molecule has 0 atom stereocenters. The first-order valence-electron chi connectivity index (χ1n) is 8.27. The van der Waals surface area contributed by atoms with Gasteiger partial charge in [0.2, 0.25) is 0 Å². The SMILES string of the molecule is O=C(O)CCCCCCCCCSc1nc2c(s1)=CCCC=2. The summed E-state index contributed by atoms with van der Waals surface area (Å²) in [7, 11) is 0. The molecule has 0 radical (unpaired) electrons. The fourth-order valence-corrected chi connectivity index (χ4v) is 4.74. The van der Waals surface area contributed by atoms with E-state index in [0.717, 1.165) is 31.4 Å². The molecule has 0 unspecified atom stereocenters. The average molecular weight is 340 g/mol. The highest BCUT2D eigenvalue weighted by Gasteiger charge is 2.03. The van der Waals surface area contributed by atoms with Crippen LogP contribution in [0.4, 0.5) is 0 Å². The van der Waals surface area contributed by atoms with E-state index in [1.807, 2.05) is 23.1 Å². The number of rotatable bonds is 11. The zero-order valence-electron chi connectivity index (χ0n) is 13.1. The first kappa shape index (κ1) is 17.5. The largest absolute Gasteiger partial charge is 0.481 e. The number of fused-ring (bicyclic) bond motifs is 1. The molecule has 0 saturated carbocycles. The molecule has 22 heavy (non-hydrogen) atoms. The highest BCUT2D eigenvalue weighted by atomic mass is 32.2. The minimum absolute atomic E-state index is 0.323. The molecule has 122 valence electrons. The summed E-state index contributed by atoms with van der Waals surface area (Å²) in [5, 5.41) is 9.74. The Bertz CT molecular complexity index is 546. The first-order chi connectivity index (χ1) is 10.8. The van der Waals surface area contributed by atoms with Crippen LogP contribution in [0.15, 0.2) is 4.34 Å². The summed E-state index contributed by atoms with van der Waals surface area (Å²) in [6.45, 7) is 0. The Morgan fingerprint density at radius 2 is 1.77 bits per heavy atom. The second-order valence-corrected chi connectivity index (χ2v) is 8.05. The van der Waals surface area contributed by atoms with Gasteiger partial charge in [0.1, 0.15) is 0 Å². The molecule has 0 amide bonds. The first-order valence-corrected chi connectivity index (χ1v) is 10.1. The lowest BCUT2D eigenvalue weighted by Crippen LogP contribution is -2.22. The van der Waals surface area contributed by atoms with Crippen LogP contribution < -0.4 is 9.88 Å². The highest BCUT2D eigenvalue weighted by Crippen LogP contribution is 2.19. The standard InChI is InChI=1S/C17H25NO2S2/c19-16(20)12-6-4-2-1-3-5-9-13-21-17-18-14-10-7-8-11-15(14)22-17/h10-11H,1-9,12-13H2,(H,19,20). The molecule has 0 aromatic carbocycles. The lowest BCUT2D eigenvalue weighted by molar-refractivity contribution is -0.137. The lowest BCUT2D eigenvalue weighted by atomic mass is 10.1. The third-order valence-corrected chi connectivity index (χ3v) is 6.05. The van der Waals surface area contributed by atoms with Gasteiger partial charge in [0.15, 0.2) is 4.34 Å². The van der Waals surface area contributed by atoms with Crippen molar-refractivity contribution >= 4 is 41.2 Å². The highest BCUT2D eigenvalue weighted by molar-refractivity contribution is 8.00. The van der Waals surface area contributed by atoms with E-state index in [9.17, 15) is 4.79 Å². The van der Waals surface area contributed by atoms with E-state index in [1.54, 1.807) is 0 Å². The normalized spacial score (nSPS) is 13.3. The maximum atomic E-state index is 10.4. The maximum Gasteiger partial charge on any atom is 0.303 e. The van der Waals surface area contributed by atoms with Crippen LogP contribution in [-0.2, 0) is 4.79 Å². The summed E-state index contributed by atoms with van der Waals surface area (Å²) >= 11 is 3.72. The molecule has 0 aliphatic heterocycles. The Morgan fingerprint density at radius 3 is 2.50 bits per heavy atom. The third kappa shape index (κ3) is 6.53. The average Bonchev–Trinajstić information content (AvgIpc) is 2.91. The number of thioether (sulfide) groups is 1. The molecule has 0 fully saturated rings. The summed E-state index contributed by atoms with van der Waals surface area (Å²) in [5.41, 5.74) is 0. The molecule has 0 saturated heterocycles. The van der Waals surface area contributed by atoms with E-state index in [4.69, 9.17) is 5.11 Å². The van der Waals surface area contributed by atoms with Gasteiger partial charge in [-0.2, -0.15) is 0 Å². The molecule has 1 aliphatic carbocycles. The van der Waals surface area contributed by atoms with Gasteiger partial charge in [-0.1, -0.05) is 56.0 Å². The van der Waals surface area contributed by atoms with Crippen molar-refractivity contribution in [1.29, 1.82) is 0 Å².